The molecule has 0 spiro atoms. The van der Waals surface area contributed by atoms with E-state index >= 15 is 0 Å². The topological polar surface area (TPSA) is 124 Å². The number of aliphatic carboxylic acids is 1. The molecule has 2 aliphatic heterocycles. The number of anilines is 1. The number of esters is 1. The van der Waals surface area contributed by atoms with Crippen molar-refractivity contribution in [3.05, 3.63) is 29.3 Å². The second-order valence-corrected chi connectivity index (χ2v) is 8.62. The summed E-state index contributed by atoms with van der Waals surface area (Å²) >= 11 is 2.36. The number of hydrogen-bond donors (Lipinski definition) is 2. The number of carbonyl (C=O) groups is 4. The van der Waals surface area contributed by atoms with E-state index in [-0.39, 0.29) is 43.4 Å². The van der Waals surface area contributed by atoms with Crippen molar-refractivity contribution in [2.75, 3.05) is 18.1 Å². The minimum atomic E-state index is -1.11. The van der Waals surface area contributed by atoms with Crippen molar-refractivity contribution in [3.63, 3.8) is 0 Å². The van der Waals surface area contributed by atoms with E-state index in [9.17, 15) is 24.3 Å². The first-order valence-electron chi connectivity index (χ1n) is 8.86. The first-order chi connectivity index (χ1) is 13.8. The zero-order valence-corrected chi connectivity index (χ0v) is 17.1. The monoisotopic (exact) mass is 440 g/mol. The number of thiophene rings is 1. The number of carboxylic acids is 1. The van der Waals surface area contributed by atoms with Gasteiger partial charge in [0, 0.05) is 31.7 Å². The number of β-lactam (4-membered cyclic amide) rings is 1. The number of carbonyl (C=O) groups excluding carboxylic acids is 3. The summed E-state index contributed by atoms with van der Waals surface area (Å²) in [5.74, 6) is -2.29. The van der Waals surface area contributed by atoms with Gasteiger partial charge in [0.25, 0.3) is 5.91 Å². The van der Waals surface area contributed by atoms with Crippen LogP contribution in [0, 0.1) is 0 Å². The van der Waals surface area contributed by atoms with Crippen molar-refractivity contribution >= 4 is 51.9 Å². The van der Waals surface area contributed by atoms with E-state index in [1.54, 1.807) is 17.5 Å². The smallest absolute Gasteiger partial charge is 0.321 e. The molecule has 156 valence electrons. The molecule has 2 N–H and O–H groups in total. The molecule has 1 aromatic rings. The van der Waals surface area contributed by atoms with Gasteiger partial charge in [0.2, 0.25) is 5.91 Å². The van der Waals surface area contributed by atoms with Gasteiger partial charge in [-0.05, 0) is 23.9 Å². The van der Waals surface area contributed by atoms with Gasteiger partial charge in [-0.15, -0.1) is 23.1 Å². The van der Waals surface area contributed by atoms with E-state index in [4.69, 9.17) is 9.84 Å². The number of thioether (sulfide) groups is 1. The number of ether oxygens (including phenoxy) is 1. The molecule has 2 aliphatic rings. The molecular weight excluding hydrogens is 420 g/mol. The Bertz CT molecular complexity index is 839. The van der Waals surface area contributed by atoms with Crippen LogP contribution in [0.15, 0.2) is 29.3 Å². The number of aliphatic hydroxyl groups excluding tert-OH is 1. The summed E-state index contributed by atoms with van der Waals surface area (Å²) in [5, 5.41) is 19.2. The van der Waals surface area contributed by atoms with E-state index in [0.717, 1.165) is 11.8 Å². The highest BCUT2D eigenvalue weighted by Crippen LogP contribution is 2.44. The Kier molecular flexibility index (Phi) is 6.60. The summed E-state index contributed by atoms with van der Waals surface area (Å²) in [4.78, 5) is 51.1. The zero-order valence-electron chi connectivity index (χ0n) is 15.5. The number of aliphatic hydroxyl groups is 1. The third-order valence-corrected chi connectivity index (χ3v) is 6.90. The first-order valence-corrected chi connectivity index (χ1v) is 10.7. The molecule has 3 atom stereocenters. The van der Waals surface area contributed by atoms with E-state index in [0.29, 0.717) is 5.00 Å². The Morgan fingerprint density at radius 1 is 1.34 bits per heavy atom. The van der Waals surface area contributed by atoms with Crippen LogP contribution >= 0.6 is 23.1 Å². The van der Waals surface area contributed by atoms with Gasteiger partial charge >= 0.3 is 11.9 Å². The van der Waals surface area contributed by atoms with Crippen LogP contribution in [0.25, 0.3) is 0 Å². The highest BCUT2D eigenvalue weighted by atomic mass is 32.2. The predicted molar refractivity (Wildman–Crippen MR) is 106 cm³/mol. The predicted octanol–water partition coefficient (Wildman–Crippen LogP) is 1.04. The SMILES string of the molecule is CC(=O)N(c1cccs1)C1C(=O)N2C=C(COC(=O)CCCO)C(C(=O)O)S[C@H]12. The van der Waals surface area contributed by atoms with Gasteiger partial charge in [0.1, 0.15) is 23.3 Å². The molecule has 9 nitrogen and oxygen atoms in total. The van der Waals surface area contributed by atoms with E-state index in [2.05, 4.69) is 0 Å². The fourth-order valence-electron chi connectivity index (χ4n) is 3.14. The molecule has 0 aromatic carbocycles. The highest BCUT2D eigenvalue weighted by Gasteiger charge is 2.55. The van der Waals surface area contributed by atoms with Gasteiger partial charge in [-0.3, -0.25) is 24.1 Å². The Hall–Kier alpha value is -2.37. The molecule has 1 fully saturated rings. The average molecular weight is 440 g/mol. The minimum Gasteiger partial charge on any atom is -0.480 e. The van der Waals surface area contributed by atoms with Gasteiger partial charge in [0.15, 0.2) is 0 Å². The van der Waals surface area contributed by atoms with Crippen LogP contribution in [-0.4, -0.2) is 68.7 Å². The second-order valence-electron chi connectivity index (χ2n) is 6.47. The number of carboxylic acid groups (broad SMARTS) is 1. The molecule has 29 heavy (non-hydrogen) atoms. The van der Waals surface area contributed by atoms with Crippen molar-refractivity contribution in [2.45, 2.75) is 36.4 Å². The molecule has 11 heteroatoms. The van der Waals surface area contributed by atoms with Gasteiger partial charge in [-0.1, -0.05) is 0 Å². The fraction of sp³-hybridized carbons (Fsp3) is 0.444. The lowest BCUT2D eigenvalue weighted by Crippen LogP contribution is -2.70. The Morgan fingerprint density at radius 2 is 2.10 bits per heavy atom. The maximum absolute atomic E-state index is 12.7. The molecule has 1 aromatic heterocycles. The first kappa shape index (κ1) is 21.3. The highest BCUT2D eigenvalue weighted by molar-refractivity contribution is 8.01. The molecular formula is C18H20N2O7S2. The summed E-state index contributed by atoms with van der Waals surface area (Å²) in [6.07, 6.45) is 1.69. The quantitative estimate of drug-likeness (QED) is 0.454. The molecule has 0 radical (unpaired) electrons. The average Bonchev–Trinajstić information content (AvgIpc) is 3.21. The summed E-state index contributed by atoms with van der Waals surface area (Å²) in [5.41, 5.74) is 0.286. The number of rotatable bonds is 8. The summed E-state index contributed by atoms with van der Waals surface area (Å²) < 4.78 is 5.08. The van der Waals surface area contributed by atoms with Gasteiger partial charge in [-0.25, -0.2) is 0 Å². The Labute approximate surface area is 174 Å². The molecule has 3 heterocycles. The van der Waals surface area contributed by atoms with Crippen molar-refractivity contribution in [2.24, 2.45) is 0 Å². The number of fused-ring (bicyclic) bond motifs is 1. The normalized spacial score (nSPS) is 23.0. The van der Waals surface area contributed by atoms with E-state index in [1.807, 2.05) is 0 Å². The lowest BCUT2D eigenvalue weighted by Gasteiger charge is -2.51. The van der Waals surface area contributed by atoms with Crippen LogP contribution in [-0.2, 0) is 23.9 Å². The fourth-order valence-corrected chi connectivity index (χ4v) is 5.33. The second kappa shape index (κ2) is 8.97. The van der Waals surface area contributed by atoms with Crippen LogP contribution in [0.1, 0.15) is 19.8 Å². The summed E-state index contributed by atoms with van der Waals surface area (Å²) in [7, 11) is 0. The van der Waals surface area contributed by atoms with Gasteiger partial charge < -0.3 is 19.8 Å². The van der Waals surface area contributed by atoms with Crippen molar-refractivity contribution in [1.82, 2.24) is 4.90 Å². The number of nitrogens with zero attached hydrogens (tertiary/aromatic N) is 2. The molecule has 2 amide bonds. The Morgan fingerprint density at radius 3 is 2.69 bits per heavy atom. The lowest BCUT2D eigenvalue weighted by atomic mass is 10.0. The standard InChI is InChI=1S/C18H20N2O7S2/c1-10(22)20(12-4-3-7-28-12)14-16(24)19-8-11(9-27-13(23)5-2-6-21)15(18(25)26)29-17(14)19/h3-4,7-8,14-15,17,21H,2,5-6,9H2,1H3,(H,25,26)/t14?,15?,17-/m1/s1. The Balaban J connectivity index is 1.77. The molecule has 0 bridgehead atoms. The third-order valence-electron chi connectivity index (χ3n) is 4.49. The molecule has 0 aliphatic carbocycles. The van der Waals surface area contributed by atoms with Crippen LogP contribution in [0.4, 0.5) is 5.00 Å². The molecule has 0 saturated carbocycles. The lowest BCUT2D eigenvalue weighted by molar-refractivity contribution is -0.144. The van der Waals surface area contributed by atoms with Crippen molar-refractivity contribution < 1.29 is 34.1 Å². The van der Waals surface area contributed by atoms with Crippen molar-refractivity contribution in [1.29, 1.82) is 0 Å². The zero-order chi connectivity index (χ0) is 21.1. The minimum absolute atomic E-state index is 0.0242. The van der Waals surface area contributed by atoms with Crippen LogP contribution < -0.4 is 4.90 Å². The van der Waals surface area contributed by atoms with Crippen molar-refractivity contribution in [3.8, 4) is 0 Å². The summed E-state index contributed by atoms with van der Waals surface area (Å²) in [6.45, 7) is 0.968. The summed E-state index contributed by atoms with van der Waals surface area (Å²) in [6, 6.07) is 2.72. The largest absolute Gasteiger partial charge is 0.480 e. The molecule has 3 rings (SSSR count). The third kappa shape index (κ3) is 4.31. The molecule has 1 saturated heterocycles. The van der Waals surface area contributed by atoms with E-state index < -0.39 is 28.6 Å². The van der Waals surface area contributed by atoms with E-state index in [1.165, 1.54) is 34.3 Å². The maximum atomic E-state index is 12.7. The van der Waals surface area contributed by atoms with Crippen LogP contribution in [0.2, 0.25) is 0 Å². The van der Waals surface area contributed by atoms with Crippen LogP contribution in [0.5, 0.6) is 0 Å². The van der Waals surface area contributed by atoms with Gasteiger partial charge in [0.05, 0.1) is 5.00 Å². The van der Waals surface area contributed by atoms with Gasteiger partial charge in [-0.2, -0.15) is 0 Å². The van der Waals surface area contributed by atoms with Crippen LogP contribution in [0.3, 0.4) is 0 Å². The number of hydrogen-bond acceptors (Lipinski definition) is 8. The maximum Gasteiger partial charge on any atom is 0.321 e. The number of amides is 2. The molecule has 2 unspecified atom stereocenters.